The first kappa shape index (κ1) is 33.3. The van der Waals surface area contributed by atoms with Gasteiger partial charge in [0.05, 0.1) is 16.7 Å². The third kappa shape index (κ3) is 5.36. The summed E-state index contributed by atoms with van der Waals surface area (Å²) in [4.78, 5) is 2.39. The van der Waals surface area contributed by atoms with Crippen molar-refractivity contribution in [2.75, 3.05) is 4.90 Å². The molecule has 0 N–H and O–H groups in total. The van der Waals surface area contributed by atoms with E-state index in [1.165, 1.54) is 48.9 Å². The molecule has 3 nitrogen and oxygen atoms in total. The second-order valence-electron chi connectivity index (χ2n) is 15.3. The molecule has 0 aliphatic rings. The SMILES string of the molecule is c1cc(-c2ccccc2-n2c3ccccc3c3ccccc32)cc(N(c2ccc(-c3cccc4c3oc3ccccc34)cc2)c2ccc3ccc4ccccc4c3c2)c1. The fraction of sp³-hybridized carbons (Fsp3) is 0. The number of aromatic nitrogens is 1. The number of hydrogen-bond donors (Lipinski definition) is 0. The molecule has 276 valence electrons. The molecule has 0 saturated heterocycles. The average Bonchev–Trinajstić information content (AvgIpc) is 3.86. The van der Waals surface area contributed by atoms with Gasteiger partial charge in [0, 0.05) is 49.7 Å². The highest BCUT2D eigenvalue weighted by Crippen LogP contribution is 2.43. The first-order valence-electron chi connectivity index (χ1n) is 20.2. The minimum atomic E-state index is 0.904. The lowest BCUT2D eigenvalue weighted by Crippen LogP contribution is -2.10. The Morgan fingerprint density at radius 3 is 1.73 bits per heavy atom. The van der Waals surface area contributed by atoms with Gasteiger partial charge in [-0.15, -0.1) is 0 Å². The molecule has 0 amide bonds. The van der Waals surface area contributed by atoms with E-state index in [0.29, 0.717) is 0 Å². The van der Waals surface area contributed by atoms with Gasteiger partial charge in [0.25, 0.3) is 0 Å². The Morgan fingerprint density at radius 2 is 0.915 bits per heavy atom. The summed E-state index contributed by atoms with van der Waals surface area (Å²) in [6.07, 6.45) is 0. The highest BCUT2D eigenvalue weighted by molar-refractivity contribution is 6.11. The van der Waals surface area contributed by atoms with Gasteiger partial charge in [-0.2, -0.15) is 0 Å². The van der Waals surface area contributed by atoms with Gasteiger partial charge in [-0.3, -0.25) is 0 Å². The predicted molar refractivity (Wildman–Crippen MR) is 249 cm³/mol. The lowest BCUT2D eigenvalue weighted by Gasteiger charge is -2.27. The van der Waals surface area contributed by atoms with Gasteiger partial charge >= 0.3 is 0 Å². The molecule has 3 heteroatoms. The van der Waals surface area contributed by atoms with Crippen LogP contribution in [0, 0.1) is 0 Å². The molecule has 0 saturated carbocycles. The van der Waals surface area contributed by atoms with E-state index in [4.69, 9.17) is 4.42 Å². The Hall–Kier alpha value is -7.88. The predicted octanol–water partition coefficient (Wildman–Crippen LogP) is 15.8. The van der Waals surface area contributed by atoms with E-state index in [0.717, 1.165) is 61.4 Å². The Bertz CT molecular complexity index is 3520. The van der Waals surface area contributed by atoms with Crippen molar-refractivity contribution < 1.29 is 4.42 Å². The Balaban J connectivity index is 1.03. The quantitative estimate of drug-likeness (QED) is 0.158. The monoisotopic (exact) mass is 752 g/mol. The molecular formula is C56H36N2O. The minimum Gasteiger partial charge on any atom is -0.455 e. The zero-order valence-corrected chi connectivity index (χ0v) is 32.1. The molecule has 12 rings (SSSR count). The van der Waals surface area contributed by atoms with Crippen LogP contribution in [0.3, 0.4) is 0 Å². The number of para-hydroxylation sites is 5. The molecule has 0 fully saturated rings. The van der Waals surface area contributed by atoms with E-state index in [2.05, 4.69) is 216 Å². The second-order valence-corrected chi connectivity index (χ2v) is 15.3. The normalized spacial score (nSPS) is 11.7. The summed E-state index contributed by atoms with van der Waals surface area (Å²) in [5.41, 5.74) is 13.1. The average molecular weight is 753 g/mol. The number of hydrogen-bond acceptors (Lipinski definition) is 2. The van der Waals surface area contributed by atoms with Crippen molar-refractivity contribution in [2.45, 2.75) is 0 Å². The van der Waals surface area contributed by atoms with Crippen molar-refractivity contribution in [1.82, 2.24) is 4.57 Å². The van der Waals surface area contributed by atoms with Gasteiger partial charge in [-0.05, 0) is 93.3 Å². The maximum absolute atomic E-state index is 6.46. The molecule has 0 radical (unpaired) electrons. The van der Waals surface area contributed by atoms with E-state index in [-0.39, 0.29) is 0 Å². The summed E-state index contributed by atoms with van der Waals surface area (Å²) in [5, 5.41) is 9.69. The Kier molecular flexibility index (Phi) is 7.54. The number of benzene rings is 10. The molecule has 12 aromatic rings. The van der Waals surface area contributed by atoms with Gasteiger partial charge in [0.2, 0.25) is 0 Å². The molecule has 0 spiro atoms. The van der Waals surface area contributed by atoms with Crippen molar-refractivity contribution in [3.8, 4) is 27.9 Å². The van der Waals surface area contributed by atoms with Crippen LogP contribution in [0.2, 0.25) is 0 Å². The number of anilines is 3. The highest BCUT2D eigenvalue weighted by atomic mass is 16.3. The van der Waals surface area contributed by atoms with Crippen molar-refractivity contribution in [2.24, 2.45) is 0 Å². The number of rotatable bonds is 6. The maximum Gasteiger partial charge on any atom is 0.143 e. The topological polar surface area (TPSA) is 21.3 Å². The Labute approximate surface area is 341 Å². The first-order chi connectivity index (χ1) is 29.3. The molecule has 2 heterocycles. The summed E-state index contributed by atoms with van der Waals surface area (Å²) in [7, 11) is 0. The van der Waals surface area contributed by atoms with Crippen molar-refractivity contribution >= 4 is 82.4 Å². The van der Waals surface area contributed by atoms with Crippen LogP contribution in [0.25, 0.3) is 93.2 Å². The molecule has 0 unspecified atom stereocenters. The van der Waals surface area contributed by atoms with Crippen LogP contribution < -0.4 is 4.90 Å². The molecule has 59 heavy (non-hydrogen) atoms. The van der Waals surface area contributed by atoms with E-state index in [9.17, 15) is 0 Å². The van der Waals surface area contributed by atoms with Gasteiger partial charge in [0.15, 0.2) is 0 Å². The summed E-state index contributed by atoms with van der Waals surface area (Å²) >= 11 is 0. The van der Waals surface area contributed by atoms with Crippen LogP contribution in [0.5, 0.6) is 0 Å². The van der Waals surface area contributed by atoms with Crippen LogP contribution in [0.4, 0.5) is 17.1 Å². The van der Waals surface area contributed by atoms with E-state index in [1.54, 1.807) is 0 Å². The van der Waals surface area contributed by atoms with E-state index in [1.807, 2.05) is 12.1 Å². The van der Waals surface area contributed by atoms with E-state index >= 15 is 0 Å². The largest absolute Gasteiger partial charge is 0.455 e. The smallest absolute Gasteiger partial charge is 0.143 e. The Morgan fingerprint density at radius 1 is 0.339 bits per heavy atom. The lowest BCUT2D eigenvalue weighted by molar-refractivity contribution is 0.670. The number of furan rings is 1. The first-order valence-corrected chi connectivity index (χ1v) is 20.2. The summed E-state index contributed by atoms with van der Waals surface area (Å²) in [5.74, 6) is 0. The molecule has 0 aliphatic carbocycles. The van der Waals surface area contributed by atoms with Crippen LogP contribution in [-0.2, 0) is 0 Å². The van der Waals surface area contributed by atoms with E-state index < -0.39 is 0 Å². The molecule has 2 aromatic heterocycles. The van der Waals surface area contributed by atoms with Gasteiger partial charge in [-0.25, -0.2) is 0 Å². The number of fused-ring (bicyclic) bond motifs is 9. The van der Waals surface area contributed by atoms with Gasteiger partial charge in [0.1, 0.15) is 11.2 Å². The third-order valence-electron chi connectivity index (χ3n) is 12.0. The van der Waals surface area contributed by atoms with Gasteiger partial charge in [-0.1, -0.05) is 158 Å². The molecular weight excluding hydrogens is 717 g/mol. The summed E-state index contributed by atoms with van der Waals surface area (Å²) in [6, 6.07) is 78.8. The van der Waals surface area contributed by atoms with Crippen molar-refractivity contribution in [1.29, 1.82) is 0 Å². The lowest BCUT2D eigenvalue weighted by atomic mass is 9.99. The summed E-state index contributed by atoms with van der Waals surface area (Å²) < 4.78 is 8.87. The highest BCUT2D eigenvalue weighted by Gasteiger charge is 2.19. The fourth-order valence-corrected chi connectivity index (χ4v) is 9.25. The van der Waals surface area contributed by atoms with Crippen LogP contribution in [-0.4, -0.2) is 4.57 Å². The minimum absolute atomic E-state index is 0.904. The van der Waals surface area contributed by atoms with Gasteiger partial charge < -0.3 is 13.9 Å². The summed E-state index contributed by atoms with van der Waals surface area (Å²) in [6.45, 7) is 0. The van der Waals surface area contributed by atoms with Crippen LogP contribution in [0.1, 0.15) is 0 Å². The second kappa shape index (κ2) is 13.4. The van der Waals surface area contributed by atoms with Crippen LogP contribution >= 0.6 is 0 Å². The zero-order chi connectivity index (χ0) is 38.9. The molecule has 10 aromatic carbocycles. The molecule has 0 atom stereocenters. The third-order valence-corrected chi connectivity index (χ3v) is 12.0. The van der Waals surface area contributed by atoms with Crippen molar-refractivity contribution in [3.05, 3.63) is 218 Å². The fourth-order valence-electron chi connectivity index (χ4n) is 9.25. The number of nitrogens with zero attached hydrogens (tertiary/aromatic N) is 2. The standard InChI is InChI=1S/C56H36N2O/c1-2-16-44-37(13-1)27-28-39-31-34-43(36-51(39)44)57(41-32-29-38(30-33-41)46-21-12-22-50-49-20-6-10-26-55(49)59-56(46)50)42-15-11-14-40(35-42)45-17-3-7-23-52(45)58-53-24-8-4-18-47(53)48-19-5-9-25-54(48)58/h1-36H. The zero-order valence-electron chi connectivity index (χ0n) is 32.1. The molecule has 0 bridgehead atoms. The maximum atomic E-state index is 6.46. The molecule has 0 aliphatic heterocycles. The van der Waals surface area contributed by atoms with Crippen molar-refractivity contribution in [3.63, 3.8) is 0 Å². The van der Waals surface area contributed by atoms with Crippen LogP contribution in [0.15, 0.2) is 223 Å².